The first-order valence-electron chi connectivity index (χ1n) is 7.05. The fourth-order valence-electron chi connectivity index (χ4n) is 2.87. The smallest absolute Gasteiger partial charge is 0.126 e. The Balaban J connectivity index is 1.95. The lowest BCUT2D eigenvalue weighted by atomic mass is 9.75. The van der Waals surface area contributed by atoms with Crippen LogP contribution in [0, 0.1) is 0 Å². The van der Waals surface area contributed by atoms with Crippen LogP contribution in [0.4, 0.5) is 5.82 Å². The van der Waals surface area contributed by atoms with Crippen molar-refractivity contribution in [2.24, 2.45) is 0 Å². The molecule has 0 bridgehead atoms. The van der Waals surface area contributed by atoms with Gasteiger partial charge in [0.25, 0.3) is 0 Å². The first-order chi connectivity index (χ1) is 9.05. The van der Waals surface area contributed by atoms with E-state index in [1.54, 1.807) is 0 Å². The fraction of sp³-hybridized carbons (Fsp3) is 0.667. The molecule has 0 atom stereocenters. The molecule has 19 heavy (non-hydrogen) atoms. The van der Waals surface area contributed by atoms with Crippen LogP contribution in [0.3, 0.4) is 0 Å². The lowest BCUT2D eigenvalue weighted by Crippen LogP contribution is -2.56. The van der Waals surface area contributed by atoms with E-state index in [2.05, 4.69) is 53.4 Å². The second kappa shape index (κ2) is 5.88. The minimum absolute atomic E-state index is 0.384. The van der Waals surface area contributed by atoms with Crippen molar-refractivity contribution in [2.45, 2.75) is 31.3 Å². The van der Waals surface area contributed by atoms with Crippen molar-refractivity contribution in [2.75, 3.05) is 40.1 Å². The van der Waals surface area contributed by atoms with Crippen molar-refractivity contribution in [3.05, 3.63) is 23.9 Å². The van der Waals surface area contributed by atoms with Crippen LogP contribution in [0.5, 0.6) is 0 Å². The van der Waals surface area contributed by atoms with Gasteiger partial charge in [0.2, 0.25) is 0 Å². The number of aromatic nitrogens is 1. The summed E-state index contributed by atoms with van der Waals surface area (Å²) in [7, 11) is 8.50. The molecule has 0 aromatic carbocycles. The van der Waals surface area contributed by atoms with Gasteiger partial charge in [-0.15, -0.1) is 0 Å². The number of hydrogen-bond donors (Lipinski definition) is 1. The molecule has 1 aromatic rings. The standard InChI is InChI=1S/C15H26N4/c1-16-14-8-5-7-13(17-14)11-19(4)12-15(18(2)3)9-6-10-15/h5,7-8H,6,9-12H2,1-4H3,(H,16,17). The van der Waals surface area contributed by atoms with Gasteiger partial charge in [-0.2, -0.15) is 0 Å². The third kappa shape index (κ3) is 3.25. The van der Waals surface area contributed by atoms with Crippen LogP contribution < -0.4 is 5.32 Å². The Hall–Kier alpha value is -1.13. The highest BCUT2D eigenvalue weighted by atomic mass is 15.2. The van der Waals surface area contributed by atoms with Crippen molar-refractivity contribution in [3.63, 3.8) is 0 Å². The Kier molecular flexibility index (Phi) is 4.42. The molecule has 0 radical (unpaired) electrons. The molecule has 0 spiro atoms. The molecule has 0 unspecified atom stereocenters. The monoisotopic (exact) mass is 262 g/mol. The van der Waals surface area contributed by atoms with Crippen LogP contribution in [0.25, 0.3) is 0 Å². The lowest BCUT2D eigenvalue weighted by molar-refractivity contribution is 0.0256. The van der Waals surface area contributed by atoms with Gasteiger partial charge < -0.3 is 10.2 Å². The van der Waals surface area contributed by atoms with Gasteiger partial charge in [0.1, 0.15) is 5.82 Å². The summed E-state index contributed by atoms with van der Waals surface area (Å²) in [5.41, 5.74) is 1.51. The van der Waals surface area contributed by atoms with Crippen molar-refractivity contribution in [1.82, 2.24) is 14.8 Å². The van der Waals surface area contributed by atoms with Crippen LogP contribution >= 0.6 is 0 Å². The second-order valence-electron chi connectivity index (χ2n) is 5.91. The number of pyridine rings is 1. The Labute approximate surface area is 116 Å². The van der Waals surface area contributed by atoms with E-state index >= 15 is 0 Å². The first kappa shape index (κ1) is 14.3. The van der Waals surface area contributed by atoms with Crippen LogP contribution in [-0.2, 0) is 6.54 Å². The zero-order valence-corrected chi connectivity index (χ0v) is 12.6. The molecular formula is C15H26N4. The van der Waals surface area contributed by atoms with Crippen molar-refractivity contribution in [1.29, 1.82) is 0 Å². The molecule has 106 valence electrons. The molecule has 1 aliphatic carbocycles. The molecule has 2 rings (SSSR count). The summed E-state index contributed by atoms with van der Waals surface area (Å²) < 4.78 is 0. The Morgan fingerprint density at radius 1 is 1.26 bits per heavy atom. The highest BCUT2D eigenvalue weighted by Crippen LogP contribution is 2.36. The minimum atomic E-state index is 0.384. The number of rotatable bonds is 6. The predicted octanol–water partition coefficient (Wildman–Crippen LogP) is 2.04. The average Bonchev–Trinajstić information content (AvgIpc) is 2.33. The zero-order valence-electron chi connectivity index (χ0n) is 12.6. The van der Waals surface area contributed by atoms with E-state index in [0.717, 1.165) is 24.6 Å². The normalized spacial score (nSPS) is 17.6. The average molecular weight is 262 g/mol. The van der Waals surface area contributed by atoms with E-state index in [-0.39, 0.29) is 0 Å². The minimum Gasteiger partial charge on any atom is -0.373 e. The van der Waals surface area contributed by atoms with Gasteiger partial charge in [-0.05, 0) is 52.5 Å². The molecule has 1 heterocycles. The molecule has 4 heteroatoms. The zero-order chi connectivity index (χ0) is 13.9. The molecule has 4 nitrogen and oxygen atoms in total. The van der Waals surface area contributed by atoms with Gasteiger partial charge in [-0.1, -0.05) is 6.07 Å². The Morgan fingerprint density at radius 3 is 2.53 bits per heavy atom. The van der Waals surface area contributed by atoms with Crippen molar-refractivity contribution in [3.8, 4) is 0 Å². The molecule has 1 aromatic heterocycles. The number of hydrogen-bond acceptors (Lipinski definition) is 4. The van der Waals surface area contributed by atoms with E-state index in [1.165, 1.54) is 19.3 Å². The molecule has 0 saturated heterocycles. The molecule has 1 fully saturated rings. The molecule has 1 N–H and O–H groups in total. The third-order valence-electron chi connectivity index (χ3n) is 4.29. The highest BCUT2D eigenvalue weighted by Gasteiger charge is 2.39. The SMILES string of the molecule is CNc1cccc(CN(C)CC2(N(C)C)CCC2)n1. The summed E-state index contributed by atoms with van der Waals surface area (Å²) in [6.45, 7) is 2.02. The summed E-state index contributed by atoms with van der Waals surface area (Å²) in [6.07, 6.45) is 3.99. The van der Waals surface area contributed by atoms with E-state index in [9.17, 15) is 0 Å². The van der Waals surface area contributed by atoms with Gasteiger partial charge in [0, 0.05) is 25.7 Å². The topological polar surface area (TPSA) is 31.4 Å². The van der Waals surface area contributed by atoms with Crippen LogP contribution in [-0.4, -0.2) is 55.1 Å². The van der Waals surface area contributed by atoms with E-state index in [4.69, 9.17) is 0 Å². The van der Waals surface area contributed by atoms with E-state index < -0.39 is 0 Å². The van der Waals surface area contributed by atoms with Crippen LogP contribution in [0.1, 0.15) is 25.0 Å². The van der Waals surface area contributed by atoms with Gasteiger partial charge in [-0.25, -0.2) is 4.98 Å². The van der Waals surface area contributed by atoms with Gasteiger partial charge in [-0.3, -0.25) is 4.90 Å². The summed E-state index contributed by atoms with van der Waals surface area (Å²) >= 11 is 0. The third-order valence-corrected chi connectivity index (χ3v) is 4.29. The lowest BCUT2D eigenvalue weighted by Gasteiger charge is -2.49. The Morgan fingerprint density at radius 2 is 2.00 bits per heavy atom. The molecule has 0 amide bonds. The number of likely N-dealkylation sites (N-methyl/N-ethyl adjacent to an activating group) is 2. The molecule has 1 saturated carbocycles. The summed E-state index contributed by atoms with van der Waals surface area (Å²) in [5, 5.41) is 3.09. The number of anilines is 1. The van der Waals surface area contributed by atoms with Gasteiger partial charge in [0.15, 0.2) is 0 Å². The van der Waals surface area contributed by atoms with Crippen molar-refractivity contribution < 1.29 is 0 Å². The Bertz CT molecular complexity index is 412. The highest BCUT2D eigenvalue weighted by molar-refractivity contribution is 5.34. The van der Waals surface area contributed by atoms with Crippen LogP contribution in [0.2, 0.25) is 0 Å². The van der Waals surface area contributed by atoms with Crippen molar-refractivity contribution >= 4 is 5.82 Å². The molecular weight excluding hydrogens is 236 g/mol. The summed E-state index contributed by atoms with van der Waals surface area (Å²) in [4.78, 5) is 9.37. The summed E-state index contributed by atoms with van der Waals surface area (Å²) in [6, 6.07) is 6.16. The summed E-state index contributed by atoms with van der Waals surface area (Å²) in [5.74, 6) is 0.942. The van der Waals surface area contributed by atoms with E-state index in [1.807, 2.05) is 13.1 Å². The van der Waals surface area contributed by atoms with Gasteiger partial charge in [0.05, 0.1) is 5.69 Å². The molecule has 1 aliphatic rings. The number of nitrogens with one attached hydrogen (secondary N) is 1. The maximum atomic E-state index is 4.58. The van der Waals surface area contributed by atoms with E-state index in [0.29, 0.717) is 5.54 Å². The maximum absolute atomic E-state index is 4.58. The maximum Gasteiger partial charge on any atom is 0.126 e. The molecule has 0 aliphatic heterocycles. The first-order valence-corrected chi connectivity index (χ1v) is 7.05. The number of nitrogens with zero attached hydrogens (tertiary/aromatic N) is 3. The predicted molar refractivity (Wildman–Crippen MR) is 80.4 cm³/mol. The largest absolute Gasteiger partial charge is 0.373 e. The fourth-order valence-corrected chi connectivity index (χ4v) is 2.87. The van der Waals surface area contributed by atoms with Crippen LogP contribution in [0.15, 0.2) is 18.2 Å². The van der Waals surface area contributed by atoms with Gasteiger partial charge >= 0.3 is 0 Å². The second-order valence-corrected chi connectivity index (χ2v) is 5.91. The quantitative estimate of drug-likeness (QED) is 0.850.